The molecule has 2 heterocycles. The largest absolute Gasteiger partial charge is 0.335 e. The Bertz CT molecular complexity index is 916. The quantitative estimate of drug-likeness (QED) is 0.430. The van der Waals surface area contributed by atoms with Crippen LogP contribution in [0.5, 0.6) is 0 Å². The molecule has 11 heteroatoms. The van der Waals surface area contributed by atoms with E-state index in [0.29, 0.717) is 10.4 Å². The number of carbonyl (C=O) groups is 1. The molecule has 27 heavy (non-hydrogen) atoms. The molecule has 2 aliphatic heterocycles. The molecule has 0 saturated carbocycles. The molecule has 0 atom stereocenters. The topological polar surface area (TPSA) is 57.7 Å². The Morgan fingerprint density at radius 1 is 1.22 bits per heavy atom. The van der Waals surface area contributed by atoms with Crippen LogP contribution in [0.15, 0.2) is 35.5 Å². The summed E-state index contributed by atoms with van der Waals surface area (Å²) in [6.07, 6.45) is -0.223. The third-order valence-electron chi connectivity index (χ3n) is 5.11. The average Bonchev–Trinajstić information content (AvgIpc) is 2.53. The lowest BCUT2D eigenvalue weighted by Crippen LogP contribution is -2.71. The summed E-state index contributed by atoms with van der Waals surface area (Å²) in [6, 6.07) is 2.78. The summed E-state index contributed by atoms with van der Waals surface area (Å²) in [5.41, 5.74) is -1.87. The van der Waals surface area contributed by atoms with Gasteiger partial charge in [0, 0.05) is 19.6 Å². The van der Waals surface area contributed by atoms with Crippen molar-refractivity contribution in [2.75, 3.05) is 26.2 Å². The summed E-state index contributed by atoms with van der Waals surface area (Å²) in [6.45, 7) is 0.736. The fraction of sp³-hybridized carbons (Fsp3) is 0.438. The van der Waals surface area contributed by atoms with Crippen molar-refractivity contribution >= 4 is 29.2 Å². The van der Waals surface area contributed by atoms with Gasteiger partial charge in [-0.3, -0.25) is 4.79 Å². The summed E-state index contributed by atoms with van der Waals surface area (Å²) in [5, 5.41) is 0. The number of rotatable bonds is 3. The molecule has 5 nitrogen and oxygen atoms in total. The van der Waals surface area contributed by atoms with Gasteiger partial charge in [0.1, 0.15) is 13.7 Å². The van der Waals surface area contributed by atoms with Gasteiger partial charge < -0.3 is 4.90 Å². The number of likely N-dealkylation sites (tertiary alicyclic amines) is 1. The Hall–Kier alpha value is -1.88. The highest BCUT2D eigenvalue weighted by Gasteiger charge is 2.64. The van der Waals surface area contributed by atoms with Crippen LogP contribution in [0, 0.1) is 11.2 Å². The minimum absolute atomic E-state index is 0.223. The number of sulfonamides is 1. The SMILES string of the molecule is [B]c1ccc(S(=O)(=O)N2CCC3(CN(C(=O)C(=C)F)C3)C(F)(F)C2)cc1F. The number of alkyl halides is 2. The van der Waals surface area contributed by atoms with Gasteiger partial charge >= 0.3 is 0 Å². The molecule has 2 aliphatic rings. The van der Waals surface area contributed by atoms with E-state index in [1.165, 1.54) is 0 Å². The lowest BCUT2D eigenvalue weighted by molar-refractivity contribution is -0.214. The highest BCUT2D eigenvalue weighted by Crippen LogP contribution is 2.51. The Kier molecular flexibility index (Phi) is 4.66. The first-order chi connectivity index (χ1) is 12.4. The lowest BCUT2D eigenvalue weighted by Gasteiger charge is -2.56. The van der Waals surface area contributed by atoms with Crippen LogP contribution in [-0.4, -0.2) is 63.5 Å². The number of halogens is 4. The molecular formula is C16H15BF4N2O3S. The fourth-order valence-electron chi connectivity index (χ4n) is 3.40. The zero-order valence-corrected chi connectivity index (χ0v) is 14.9. The van der Waals surface area contributed by atoms with Gasteiger partial charge in [0.05, 0.1) is 16.9 Å². The minimum Gasteiger partial charge on any atom is -0.335 e. The first-order valence-electron chi connectivity index (χ1n) is 7.96. The molecule has 2 fully saturated rings. The first-order valence-corrected chi connectivity index (χ1v) is 9.40. The molecule has 3 rings (SSSR count). The van der Waals surface area contributed by atoms with Gasteiger partial charge in [0.15, 0.2) is 5.83 Å². The number of hydrogen-bond acceptors (Lipinski definition) is 3. The monoisotopic (exact) mass is 402 g/mol. The summed E-state index contributed by atoms with van der Waals surface area (Å²) < 4.78 is 81.6. The molecule has 1 amide bonds. The maximum atomic E-state index is 14.7. The normalized spacial score (nSPS) is 21.7. The Labute approximate surface area is 155 Å². The van der Waals surface area contributed by atoms with Crippen LogP contribution >= 0.6 is 0 Å². The van der Waals surface area contributed by atoms with Crippen molar-refractivity contribution in [2.45, 2.75) is 17.2 Å². The molecule has 2 saturated heterocycles. The van der Waals surface area contributed by atoms with E-state index in [9.17, 15) is 30.8 Å². The van der Waals surface area contributed by atoms with Crippen LogP contribution in [0.1, 0.15) is 6.42 Å². The van der Waals surface area contributed by atoms with Crippen molar-refractivity contribution in [3.05, 3.63) is 36.4 Å². The zero-order chi connectivity index (χ0) is 20.2. The Morgan fingerprint density at radius 3 is 2.37 bits per heavy atom. The van der Waals surface area contributed by atoms with Crippen molar-refractivity contribution in [3.8, 4) is 0 Å². The lowest BCUT2D eigenvalue weighted by atomic mass is 9.69. The van der Waals surface area contributed by atoms with E-state index in [4.69, 9.17) is 7.85 Å². The molecule has 1 aromatic rings. The minimum atomic E-state index is -4.35. The second kappa shape index (κ2) is 6.34. The van der Waals surface area contributed by atoms with Gasteiger partial charge in [0.2, 0.25) is 10.0 Å². The molecule has 0 N–H and O–H groups in total. The third kappa shape index (κ3) is 3.16. The molecule has 1 spiro atoms. The van der Waals surface area contributed by atoms with E-state index in [0.717, 1.165) is 17.0 Å². The standard InChI is InChI=1S/C16H15BF4N2O3S/c1-10(18)14(24)22-7-15(8-22)4-5-23(9-16(15,20)21)27(25,26)11-2-3-12(17)13(19)6-11/h2-3,6H,1,4-5,7-9H2. The van der Waals surface area contributed by atoms with Crippen LogP contribution in [-0.2, 0) is 14.8 Å². The summed E-state index contributed by atoms with van der Waals surface area (Å²) >= 11 is 0. The molecule has 0 unspecified atom stereocenters. The van der Waals surface area contributed by atoms with Crippen molar-refractivity contribution in [1.82, 2.24) is 9.21 Å². The Balaban J connectivity index is 1.79. The molecule has 0 bridgehead atoms. The van der Waals surface area contributed by atoms with Crippen molar-refractivity contribution in [3.63, 3.8) is 0 Å². The van der Waals surface area contributed by atoms with Crippen LogP contribution in [0.2, 0.25) is 0 Å². The predicted octanol–water partition coefficient (Wildman–Crippen LogP) is 0.961. The highest BCUT2D eigenvalue weighted by molar-refractivity contribution is 7.89. The number of hydrogen-bond donors (Lipinski definition) is 0. The Morgan fingerprint density at radius 2 is 1.85 bits per heavy atom. The molecule has 2 radical (unpaired) electrons. The van der Waals surface area contributed by atoms with Crippen LogP contribution in [0.25, 0.3) is 0 Å². The number of amides is 1. The van der Waals surface area contributed by atoms with Gasteiger partial charge in [-0.05, 0) is 18.6 Å². The molecule has 0 aromatic heterocycles. The van der Waals surface area contributed by atoms with Gasteiger partial charge in [-0.15, -0.1) is 0 Å². The van der Waals surface area contributed by atoms with Crippen LogP contribution in [0.3, 0.4) is 0 Å². The van der Waals surface area contributed by atoms with E-state index in [2.05, 4.69) is 6.58 Å². The van der Waals surface area contributed by atoms with E-state index < -0.39 is 50.4 Å². The van der Waals surface area contributed by atoms with Crippen molar-refractivity contribution in [1.29, 1.82) is 0 Å². The van der Waals surface area contributed by atoms with Gasteiger partial charge in [-0.1, -0.05) is 18.1 Å². The number of benzene rings is 1. The third-order valence-corrected chi connectivity index (χ3v) is 6.95. The number of carbonyl (C=O) groups excluding carboxylic acids is 1. The number of piperidine rings is 1. The second-order valence-corrected chi connectivity index (χ2v) is 8.76. The van der Waals surface area contributed by atoms with Crippen molar-refractivity contribution < 1.29 is 30.8 Å². The fourth-order valence-corrected chi connectivity index (χ4v) is 4.86. The van der Waals surface area contributed by atoms with Gasteiger partial charge in [-0.25, -0.2) is 26.0 Å². The van der Waals surface area contributed by atoms with E-state index in [1.54, 1.807) is 0 Å². The zero-order valence-electron chi connectivity index (χ0n) is 14.1. The second-order valence-electron chi connectivity index (χ2n) is 6.82. The maximum absolute atomic E-state index is 14.7. The van der Waals surface area contributed by atoms with E-state index >= 15 is 0 Å². The predicted molar refractivity (Wildman–Crippen MR) is 89.4 cm³/mol. The molecule has 144 valence electrons. The highest BCUT2D eigenvalue weighted by atomic mass is 32.2. The summed E-state index contributed by atoms with van der Waals surface area (Å²) in [5.74, 6) is -6.70. The summed E-state index contributed by atoms with van der Waals surface area (Å²) in [7, 11) is 0.958. The van der Waals surface area contributed by atoms with Crippen molar-refractivity contribution in [2.24, 2.45) is 5.41 Å². The maximum Gasteiger partial charge on any atom is 0.282 e. The van der Waals surface area contributed by atoms with E-state index in [1.807, 2.05) is 0 Å². The first kappa shape index (κ1) is 19.9. The average molecular weight is 402 g/mol. The van der Waals surface area contributed by atoms with Gasteiger partial charge in [0.25, 0.3) is 11.8 Å². The molecular weight excluding hydrogens is 387 g/mol. The summed E-state index contributed by atoms with van der Waals surface area (Å²) in [4.78, 5) is 11.9. The van der Waals surface area contributed by atoms with Crippen LogP contribution < -0.4 is 5.46 Å². The van der Waals surface area contributed by atoms with Crippen LogP contribution in [0.4, 0.5) is 17.6 Å². The molecule has 1 aromatic carbocycles. The smallest absolute Gasteiger partial charge is 0.282 e. The number of nitrogens with zero attached hydrogens (tertiary/aromatic N) is 2. The van der Waals surface area contributed by atoms with E-state index in [-0.39, 0.29) is 31.5 Å². The van der Waals surface area contributed by atoms with Gasteiger partial charge in [-0.2, -0.15) is 4.31 Å². The molecule has 0 aliphatic carbocycles.